The van der Waals surface area contributed by atoms with E-state index in [1.807, 2.05) is 28.2 Å². The van der Waals surface area contributed by atoms with Gasteiger partial charge in [-0.25, -0.2) is 9.37 Å². The topological polar surface area (TPSA) is 53.7 Å². The average Bonchev–Trinajstić information content (AvgIpc) is 3.11. The van der Waals surface area contributed by atoms with Gasteiger partial charge in [-0.3, -0.25) is 9.39 Å². The van der Waals surface area contributed by atoms with Gasteiger partial charge in [-0.05, 0) is 30.5 Å². The Morgan fingerprint density at radius 2 is 2.28 bits per heavy atom. The highest BCUT2D eigenvalue weighted by molar-refractivity contribution is 7.15. The molecule has 1 aliphatic carbocycles. The van der Waals surface area contributed by atoms with Crippen molar-refractivity contribution in [2.24, 2.45) is 4.99 Å². The first-order valence-electron chi connectivity index (χ1n) is 8.30. The average molecular weight is 357 g/mol. The van der Waals surface area contributed by atoms with E-state index in [0.717, 1.165) is 41.6 Å². The first kappa shape index (κ1) is 16.1. The Bertz CT molecular complexity index is 880. The smallest absolute Gasteiger partial charge is 0.193 e. The third-order valence-electron chi connectivity index (χ3n) is 4.69. The van der Waals surface area contributed by atoms with Gasteiger partial charge in [-0.15, -0.1) is 11.3 Å². The standard InChI is InChI=1S/C18H20FN5S/c1-20-16(21-10-15-11-24-7-8-25-17(24)23-15)22-12-18(5-6-18)13-3-2-4-14(19)9-13/h2-4,7-9,11H,5-6,10,12H2,1H3,(H2,20,21,22). The summed E-state index contributed by atoms with van der Waals surface area (Å²) in [4.78, 5) is 9.82. The molecule has 0 saturated heterocycles. The fourth-order valence-corrected chi connectivity index (χ4v) is 3.76. The summed E-state index contributed by atoms with van der Waals surface area (Å²) in [6, 6.07) is 6.92. The van der Waals surface area contributed by atoms with E-state index >= 15 is 0 Å². The molecule has 1 aliphatic rings. The highest BCUT2D eigenvalue weighted by Gasteiger charge is 2.44. The van der Waals surface area contributed by atoms with E-state index in [2.05, 4.69) is 20.6 Å². The second-order valence-electron chi connectivity index (χ2n) is 6.40. The number of thiazole rings is 1. The van der Waals surface area contributed by atoms with Crippen LogP contribution in [0.1, 0.15) is 24.1 Å². The maximum atomic E-state index is 13.5. The van der Waals surface area contributed by atoms with Crippen LogP contribution in [0.5, 0.6) is 0 Å². The summed E-state index contributed by atoms with van der Waals surface area (Å²) >= 11 is 1.62. The minimum Gasteiger partial charge on any atom is -0.356 e. The molecule has 0 unspecified atom stereocenters. The van der Waals surface area contributed by atoms with Crippen LogP contribution in [0.4, 0.5) is 4.39 Å². The zero-order valence-electron chi connectivity index (χ0n) is 14.0. The van der Waals surface area contributed by atoms with Gasteiger partial charge in [0.05, 0.1) is 12.2 Å². The lowest BCUT2D eigenvalue weighted by atomic mass is 9.96. The molecule has 2 heterocycles. The van der Waals surface area contributed by atoms with Crippen LogP contribution < -0.4 is 10.6 Å². The number of halogens is 1. The monoisotopic (exact) mass is 357 g/mol. The maximum absolute atomic E-state index is 13.5. The van der Waals surface area contributed by atoms with Crippen LogP contribution in [-0.2, 0) is 12.0 Å². The van der Waals surface area contributed by atoms with E-state index in [0.29, 0.717) is 6.54 Å². The van der Waals surface area contributed by atoms with E-state index in [9.17, 15) is 4.39 Å². The zero-order chi connectivity index (χ0) is 17.3. The van der Waals surface area contributed by atoms with Crippen molar-refractivity contribution in [2.45, 2.75) is 24.8 Å². The molecule has 1 fully saturated rings. The summed E-state index contributed by atoms with van der Waals surface area (Å²) < 4.78 is 15.5. The molecular formula is C18H20FN5S. The van der Waals surface area contributed by atoms with Gasteiger partial charge in [-0.1, -0.05) is 12.1 Å². The van der Waals surface area contributed by atoms with Crippen LogP contribution >= 0.6 is 11.3 Å². The van der Waals surface area contributed by atoms with Gasteiger partial charge >= 0.3 is 0 Å². The highest BCUT2D eigenvalue weighted by atomic mass is 32.1. The van der Waals surface area contributed by atoms with E-state index in [1.54, 1.807) is 30.5 Å². The van der Waals surface area contributed by atoms with Gasteiger partial charge in [0.15, 0.2) is 10.9 Å². The van der Waals surface area contributed by atoms with Crippen LogP contribution in [0.3, 0.4) is 0 Å². The Balaban J connectivity index is 1.35. The highest BCUT2D eigenvalue weighted by Crippen LogP contribution is 2.47. The number of hydrogen-bond acceptors (Lipinski definition) is 3. The van der Waals surface area contributed by atoms with Gasteiger partial charge < -0.3 is 10.6 Å². The van der Waals surface area contributed by atoms with Crippen molar-refractivity contribution in [1.29, 1.82) is 0 Å². The van der Waals surface area contributed by atoms with Crippen LogP contribution in [0.2, 0.25) is 0 Å². The van der Waals surface area contributed by atoms with Crippen molar-refractivity contribution in [1.82, 2.24) is 20.0 Å². The summed E-state index contributed by atoms with van der Waals surface area (Å²) in [5.41, 5.74) is 2.06. The molecule has 3 aromatic rings. The van der Waals surface area contributed by atoms with Crippen molar-refractivity contribution >= 4 is 22.3 Å². The van der Waals surface area contributed by atoms with Crippen LogP contribution in [0, 0.1) is 5.82 Å². The Morgan fingerprint density at radius 3 is 3.00 bits per heavy atom. The number of nitrogens with one attached hydrogen (secondary N) is 2. The normalized spacial score (nSPS) is 16.2. The SMILES string of the molecule is CN=C(NCc1cn2ccsc2n1)NCC1(c2cccc(F)c2)CC1. The number of imidazole rings is 1. The van der Waals surface area contributed by atoms with E-state index < -0.39 is 0 Å². The summed E-state index contributed by atoms with van der Waals surface area (Å²) in [5, 5.41) is 8.68. The van der Waals surface area contributed by atoms with E-state index in [-0.39, 0.29) is 11.2 Å². The Morgan fingerprint density at radius 1 is 1.40 bits per heavy atom. The Kier molecular flexibility index (Phi) is 4.17. The van der Waals surface area contributed by atoms with Gasteiger partial charge in [0.2, 0.25) is 0 Å². The van der Waals surface area contributed by atoms with Gasteiger partial charge in [0, 0.05) is 36.8 Å². The predicted molar refractivity (Wildman–Crippen MR) is 98.6 cm³/mol. The molecule has 0 spiro atoms. The van der Waals surface area contributed by atoms with Crippen molar-refractivity contribution in [3.63, 3.8) is 0 Å². The van der Waals surface area contributed by atoms with Crippen LogP contribution in [-0.4, -0.2) is 28.9 Å². The molecule has 130 valence electrons. The molecule has 25 heavy (non-hydrogen) atoms. The first-order chi connectivity index (χ1) is 12.2. The number of nitrogens with zero attached hydrogens (tertiary/aromatic N) is 3. The van der Waals surface area contributed by atoms with E-state index in [1.165, 1.54) is 6.07 Å². The molecule has 2 aromatic heterocycles. The third kappa shape index (κ3) is 3.37. The molecule has 0 amide bonds. The van der Waals surface area contributed by atoms with Crippen molar-refractivity contribution in [3.05, 3.63) is 59.1 Å². The Labute approximate surface area is 149 Å². The fourth-order valence-electron chi connectivity index (χ4n) is 3.05. The van der Waals surface area contributed by atoms with Crippen molar-refractivity contribution in [2.75, 3.05) is 13.6 Å². The van der Waals surface area contributed by atoms with Crippen molar-refractivity contribution in [3.8, 4) is 0 Å². The zero-order valence-corrected chi connectivity index (χ0v) is 14.8. The predicted octanol–water partition coefficient (Wildman–Crippen LogP) is 2.93. The second-order valence-corrected chi connectivity index (χ2v) is 7.27. The summed E-state index contributed by atoms with van der Waals surface area (Å²) in [7, 11) is 1.75. The fraction of sp³-hybridized carbons (Fsp3) is 0.333. The summed E-state index contributed by atoms with van der Waals surface area (Å²) in [6.45, 7) is 1.36. The number of rotatable bonds is 5. The molecule has 4 rings (SSSR count). The maximum Gasteiger partial charge on any atom is 0.193 e. The Hall–Kier alpha value is -2.41. The summed E-state index contributed by atoms with van der Waals surface area (Å²) in [6.07, 6.45) is 6.15. The molecule has 0 atom stereocenters. The second kappa shape index (κ2) is 6.48. The van der Waals surface area contributed by atoms with Gasteiger partial charge in [-0.2, -0.15) is 0 Å². The number of guanidine groups is 1. The number of hydrogen-bond donors (Lipinski definition) is 2. The van der Waals surface area contributed by atoms with Crippen molar-refractivity contribution < 1.29 is 4.39 Å². The lowest BCUT2D eigenvalue weighted by Gasteiger charge is -2.19. The molecule has 1 aromatic carbocycles. The minimum atomic E-state index is -0.175. The number of aromatic nitrogens is 2. The number of benzene rings is 1. The first-order valence-corrected chi connectivity index (χ1v) is 9.18. The van der Waals surface area contributed by atoms with Crippen LogP contribution in [0.25, 0.3) is 4.96 Å². The molecular weight excluding hydrogens is 337 g/mol. The number of fused-ring (bicyclic) bond motifs is 1. The molecule has 2 N–H and O–H groups in total. The van der Waals surface area contributed by atoms with E-state index in [4.69, 9.17) is 0 Å². The molecule has 1 saturated carbocycles. The molecule has 0 aliphatic heterocycles. The van der Waals surface area contributed by atoms with Crippen LogP contribution in [0.15, 0.2) is 47.0 Å². The molecule has 0 radical (unpaired) electrons. The van der Waals surface area contributed by atoms with Gasteiger partial charge in [0.1, 0.15) is 5.82 Å². The molecule has 0 bridgehead atoms. The lowest BCUT2D eigenvalue weighted by Crippen LogP contribution is -2.41. The minimum absolute atomic E-state index is 0.0245. The largest absolute Gasteiger partial charge is 0.356 e. The lowest BCUT2D eigenvalue weighted by molar-refractivity contribution is 0.607. The summed E-state index contributed by atoms with van der Waals surface area (Å²) in [5.74, 6) is 0.560. The third-order valence-corrected chi connectivity index (χ3v) is 5.46. The quantitative estimate of drug-likeness (QED) is 0.545. The number of aliphatic imine (C=N–C) groups is 1. The molecule has 5 nitrogen and oxygen atoms in total. The molecule has 7 heteroatoms. The van der Waals surface area contributed by atoms with Gasteiger partial charge in [0.25, 0.3) is 0 Å².